The summed E-state index contributed by atoms with van der Waals surface area (Å²) in [6.45, 7) is 7.59. The van der Waals surface area contributed by atoms with Crippen LogP contribution >= 0.6 is 0 Å². The normalized spacial score (nSPS) is 14.6. The summed E-state index contributed by atoms with van der Waals surface area (Å²) in [5.74, 6) is 1.25. The molecule has 0 aliphatic heterocycles. The van der Waals surface area contributed by atoms with Gasteiger partial charge in [0, 0.05) is 18.6 Å². The van der Waals surface area contributed by atoms with Crippen LogP contribution in [-0.2, 0) is 0 Å². The number of methoxy groups -OCH3 is 1. The predicted molar refractivity (Wildman–Crippen MR) is 83.4 cm³/mol. The van der Waals surface area contributed by atoms with E-state index < -0.39 is 0 Å². The Bertz CT molecular complexity index is 419. The Hall–Kier alpha value is -1.26. The summed E-state index contributed by atoms with van der Waals surface area (Å²) in [7, 11) is 5.75. The molecule has 0 aliphatic rings. The largest absolute Gasteiger partial charge is 0.504 e. The van der Waals surface area contributed by atoms with Crippen molar-refractivity contribution in [1.29, 1.82) is 0 Å². The number of phenols is 1. The standard InChI is InChI=1S/C16H28N2O2/c1-11(2)14(10-18(4)5)17-12(3)13-7-8-15(19)16(9-13)20-6/h7-9,11-12,14,17,19H,10H2,1-6H3. The first-order valence-electron chi connectivity index (χ1n) is 7.12. The van der Waals surface area contributed by atoms with Gasteiger partial charge in [0.1, 0.15) is 0 Å². The molecule has 2 unspecified atom stereocenters. The smallest absolute Gasteiger partial charge is 0.160 e. The van der Waals surface area contributed by atoms with Gasteiger partial charge >= 0.3 is 0 Å². The third kappa shape index (κ3) is 4.69. The quantitative estimate of drug-likeness (QED) is 0.806. The van der Waals surface area contributed by atoms with Gasteiger partial charge in [-0.15, -0.1) is 0 Å². The van der Waals surface area contributed by atoms with Crippen molar-refractivity contribution in [1.82, 2.24) is 10.2 Å². The second kappa shape index (κ2) is 7.50. The lowest BCUT2D eigenvalue weighted by atomic mass is 10.0. The fourth-order valence-electron chi connectivity index (χ4n) is 2.23. The lowest BCUT2D eigenvalue weighted by molar-refractivity contribution is 0.273. The van der Waals surface area contributed by atoms with Gasteiger partial charge in [-0.25, -0.2) is 0 Å². The van der Waals surface area contributed by atoms with E-state index in [-0.39, 0.29) is 11.8 Å². The van der Waals surface area contributed by atoms with Gasteiger partial charge in [-0.05, 0) is 44.6 Å². The Morgan fingerprint density at radius 1 is 1.25 bits per heavy atom. The van der Waals surface area contributed by atoms with Crippen molar-refractivity contribution in [2.24, 2.45) is 5.92 Å². The Balaban J connectivity index is 2.80. The van der Waals surface area contributed by atoms with Crippen molar-refractivity contribution >= 4 is 0 Å². The number of benzene rings is 1. The molecule has 1 aromatic carbocycles. The van der Waals surface area contributed by atoms with Gasteiger partial charge in [0.05, 0.1) is 7.11 Å². The number of hydrogen-bond acceptors (Lipinski definition) is 4. The van der Waals surface area contributed by atoms with Crippen LogP contribution in [-0.4, -0.2) is 43.8 Å². The van der Waals surface area contributed by atoms with Crippen molar-refractivity contribution in [3.05, 3.63) is 23.8 Å². The second-order valence-corrected chi connectivity index (χ2v) is 5.93. The molecule has 0 bridgehead atoms. The Morgan fingerprint density at radius 3 is 2.40 bits per heavy atom. The number of nitrogens with zero attached hydrogens (tertiary/aromatic N) is 1. The van der Waals surface area contributed by atoms with Crippen molar-refractivity contribution in [3.63, 3.8) is 0 Å². The van der Waals surface area contributed by atoms with Gasteiger partial charge < -0.3 is 20.1 Å². The second-order valence-electron chi connectivity index (χ2n) is 5.93. The van der Waals surface area contributed by atoms with Crippen molar-refractivity contribution in [2.75, 3.05) is 27.7 Å². The van der Waals surface area contributed by atoms with E-state index in [0.29, 0.717) is 17.7 Å². The molecule has 20 heavy (non-hydrogen) atoms. The highest BCUT2D eigenvalue weighted by Crippen LogP contribution is 2.29. The summed E-state index contributed by atoms with van der Waals surface area (Å²) >= 11 is 0. The van der Waals surface area contributed by atoms with E-state index in [0.717, 1.165) is 12.1 Å². The van der Waals surface area contributed by atoms with E-state index in [1.54, 1.807) is 13.2 Å². The maximum absolute atomic E-state index is 9.65. The number of nitrogens with one attached hydrogen (secondary N) is 1. The predicted octanol–water partition coefficient (Wildman–Crippen LogP) is 2.64. The number of likely N-dealkylation sites (N-methyl/N-ethyl adjacent to an activating group) is 1. The van der Waals surface area contributed by atoms with Crippen molar-refractivity contribution < 1.29 is 9.84 Å². The van der Waals surface area contributed by atoms with E-state index in [9.17, 15) is 5.11 Å². The average Bonchev–Trinajstić information content (AvgIpc) is 2.37. The first-order chi connectivity index (χ1) is 9.35. The van der Waals surface area contributed by atoms with Crippen LogP contribution in [0.15, 0.2) is 18.2 Å². The Kier molecular flexibility index (Phi) is 6.30. The fraction of sp³-hybridized carbons (Fsp3) is 0.625. The van der Waals surface area contributed by atoms with Gasteiger partial charge in [0.25, 0.3) is 0 Å². The van der Waals surface area contributed by atoms with Crippen LogP contribution in [0, 0.1) is 5.92 Å². The minimum absolute atomic E-state index is 0.178. The van der Waals surface area contributed by atoms with Gasteiger partial charge in [0.2, 0.25) is 0 Å². The van der Waals surface area contributed by atoms with Crippen LogP contribution in [0.4, 0.5) is 0 Å². The van der Waals surface area contributed by atoms with E-state index in [2.05, 4.69) is 45.1 Å². The molecule has 0 spiro atoms. The molecule has 0 amide bonds. The van der Waals surface area contributed by atoms with E-state index in [1.165, 1.54) is 0 Å². The van der Waals surface area contributed by atoms with E-state index >= 15 is 0 Å². The van der Waals surface area contributed by atoms with Crippen LogP contribution in [0.5, 0.6) is 11.5 Å². The topological polar surface area (TPSA) is 44.7 Å². The average molecular weight is 280 g/mol. The molecule has 0 fully saturated rings. The fourth-order valence-corrected chi connectivity index (χ4v) is 2.23. The zero-order valence-electron chi connectivity index (χ0n) is 13.5. The van der Waals surface area contributed by atoms with Crippen LogP contribution < -0.4 is 10.1 Å². The number of phenolic OH excluding ortho intramolecular Hbond substituents is 1. The van der Waals surface area contributed by atoms with Gasteiger partial charge in [-0.2, -0.15) is 0 Å². The molecular weight excluding hydrogens is 252 g/mol. The summed E-state index contributed by atoms with van der Waals surface area (Å²) in [6, 6.07) is 6.13. The lowest BCUT2D eigenvalue weighted by Gasteiger charge is -2.29. The van der Waals surface area contributed by atoms with Crippen LogP contribution in [0.2, 0.25) is 0 Å². The molecule has 1 aromatic rings. The van der Waals surface area contributed by atoms with Gasteiger partial charge in [-0.3, -0.25) is 0 Å². The summed E-state index contributed by atoms with van der Waals surface area (Å²) < 4.78 is 5.17. The van der Waals surface area contributed by atoms with Crippen LogP contribution in [0.1, 0.15) is 32.4 Å². The molecule has 4 heteroatoms. The third-order valence-corrected chi connectivity index (χ3v) is 3.53. The van der Waals surface area contributed by atoms with E-state index in [1.807, 2.05) is 12.1 Å². The van der Waals surface area contributed by atoms with Crippen molar-refractivity contribution in [2.45, 2.75) is 32.9 Å². The summed E-state index contributed by atoms with van der Waals surface area (Å²) in [6.07, 6.45) is 0. The maximum Gasteiger partial charge on any atom is 0.160 e. The molecule has 4 nitrogen and oxygen atoms in total. The molecule has 1 rings (SSSR count). The monoisotopic (exact) mass is 280 g/mol. The first-order valence-corrected chi connectivity index (χ1v) is 7.12. The highest BCUT2D eigenvalue weighted by molar-refractivity contribution is 5.42. The van der Waals surface area contributed by atoms with Gasteiger partial charge in [-0.1, -0.05) is 19.9 Å². The zero-order valence-corrected chi connectivity index (χ0v) is 13.5. The molecule has 2 N–H and O–H groups in total. The molecule has 114 valence electrons. The number of rotatable bonds is 7. The Labute approximate surface area is 122 Å². The SMILES string of the molecule is COc1cc(C(C)NC(CN(C)C)C(C)C)ccc1O. The molecule has 0 saturated carbocycles. The molecule has 0 saturated heterocycles. The van der Waals surface area contributed by atoms with Crippen LogP contribution in [0.25, 0.3) is 0 Å². The minimum atomic E-state index is 0.178. The molecule has 0 aliphatic carbocycles. The molecule has 0 heterocycles. The number of aromatic hydroxyl groups is 1. The number of ether oxygens (including phenoxy) is 1. The maximum atomic E-state index is 9.65. The van der Waals surface area contributed by atoms with Crippen molar-refractivity contribution in [3.8, 4) is 11.5 Å². The molecule has 2 atom stereocenters. The third-order valence-electron chi connectivity index (χ3n) is 3.53. The minimum Gasteiger partial charge on any atom is -0.504 e. The highest BCUT2D eigenvalue weighted by Gasteiger charge is 2.18. The lowest BCUT2D eigenvalue weighted by Crippen LogP contribution is -2.43. The molecule has 0 aromatic heterocycles. The first kappa shape index (κ1) is 16.8. The summed E-state index contributed by atoms with van der Waals surface area (Å²) in [5, 5.41) is 13.3. The Morgan fingerprint density at radius 2 is 1.90 bits per heavy atom. The summed E-state index contributed by atoms with van der Waals surface area (Å²) in [5.41, 5.74) is 1.11. The highest BCUT2D eigenvalue weighted by atomic mass is 16.5. The summed E-state index contributed by atoms with van der Waals surface area (Å²) in [4.78, 5) is 2.20. The van der Waals surface area contributed by atoms with Crippen LogP contribution in [0.3, 0.4) is 0 Å². The van der Waals surface area contributed by atoms with E-state index in [4.69, 9.17) is 4.74 Å². The molecule has 0 radical (unpaired) electrons. The van der Waals surface area contributed by atoms with Gasteiger partial charge in [0.15, 0.2) is 11.5 Å². The number of hydrogen-bond donors (Lipinski definition) is 2. The molecular formula is C16H28N2O2. The zero-order chi connectivity index (χ0) is 15.3.